The van der Waals surface area contributed by atoms with Gasteiger partial charge in [-0.3, -0.25) is 4.90 Å². The molecule has 0 saturated carbocycles. The number of rotatable bonds is 3. The maximum atomic E-state index is 6.14. The van der Waals surface area contributed by atoms with E-state index in [9.17, 15) is 0 Å². The molecule has 1 aliphatic heterocycles. The van der Waals surface area contributed by atoms with Crippen LogP contribution in [0, 0.1) is 0 Å². The largest absolute Gasteiger partial charge is 0.326 e. The van der Waals surface area contributed by atoms with Crippen LogP contribution in [-0.4, -0.2) is 29.6 Å². The zero-order valence-electron chi connectivity index (χ0n) is 9.34. The summed E-state index contributed by atoms with van der Waals surface area (Å²) >= 11 is 0. The lowest BCUT2D eigenvalue weighted by atomic mass is 9.89. The van der Waals surface area contributed by atoms with Crippen LogP contribution >= 0.6 is 0 Å². The number of piperidine rings is 1. The first kappa shape index (κ1) is 11.0. The maximum Gasteiger partial charge on any atom is 0.0304 e. The number of likely N-dealkylation sites (tertiary alicyclic amines) is 1. The van der Waals surface area contributed by atoms with Crippen molar-refractivity contribution in [3.05, 3.63) is 0 Å². The predicted molar refractivity (Wildman–Crippen MR) is 57.8 cm³/mol. The van der Waals surface area contributed by atoms with Crippen molar-refractivity contribution >= 4 is 0 Å². The molecule has 0 spiro atoms. The Bertz CT molecular complexity index is 148. The molecule has 1 aliphatic rings. The molecule has 0 amide bonds. The summed E-state index contributed by atoms with van der Waals surface area (Å²) in [5, 5.41) is 0. The minimum absolute atomic E-state index is 0.190. The highest BCUT2D eigenvalue weighted by Crippen LogP contribution is 2.23. The van der Waals surface area contributed by atoms with Crippen LogP contribution in [0.4, 0.5) is 0 Å². The highest BCUT2D eigenvalue weighted by Gasteiger charge is 2.32. The summed E-state index contributed by atoms with van der Waals surface area (Å²) in [4.78, 5) is 2.56. The van der Waals surface area contributed by atoms with Gasteiger partial charge in [0.1, 0.15) is 0 Å². The molecular weight excluding hydrogens is 160 g/mol. The zero-order chi connectivity index (χ0) is 9.90. The van der Waals surface area contributed by atoms with Gasteiger partial charge in [-0.2, -0.15) is 0 Å². The Balaban J connectivity index is 2.55. The molecule has 1 atom stereocenters. The quantitative estimate of drug-likeness (QED) is 0.727. The van der Waals surface area contributed by atoms with Crippen LogP contribution < -0.4 is 5.73 Å². The summed E-state index contributed by atoms with van der Waals surface area (Å²) in [6, 6.07) is 0.311. The summed E-state index contributed by atoms with van der Waals surface area (Å²) in [6.45, 7) is 9.22. The van der Waals surface area contributed by atoms with Gasteiger partial charge < -0.3 is 5.73 Å². The molecule has 0 aromatic rings. The fourth-order valence-corrected chi connectivity index (χ4v) is 2.20. The molecule has 78 valence electrons. The van der Waals surface area contributed by atoms with Crippen LogP contribution in [0.3, 0.4) is 0 Å². The maximum absolute atomic E-state index is 6.14. The van der Waals surface area contributed by atoms with Crippen molar-refractivity contribution in [3.63, 3.8) is 0 Å². The fourth-order valence-electron chi connectivity index (χ4n) is 2.20. The average Bonchev–Trinajstić information content (AvgIpc) is 2.18. The first-order chi connectivity index (χ1) is 6.09. The second-order valence-corrected chi connectivity index (χ2v) is 4.72. The smallest absolute Gasteiger partial charge is 0.0304 e. The predicted octanol–water partition coefficient (Wildman–Crippen LogP) is 1.99. The van der Waals surface area contributed by atoms with Crippen molar-refractivity contribution in [3.8, 4) is 0 Å². The first-order valence-corrected chi connectivity index (χ1v) is 5.59. The number of nitrogens with zero attached hydrogens (tertiary/aromatic N) is 1. The first-order valence-electron chi connectivity index (χ1n) is 5.59. The minimum Gasteiger partial charge on any atom is -0.326 e. The molecule has 0 radical (unpaired) electrons. The van der Waals surface area contributed by atoms with Gasteiger partial charge in [0.15, 0.2) is 0 Å². The third kappa shape index (κ3) is 2.44. The van der Waals surface area contributed by atoms with Gasteiger partial charge in [-0.25, -0.2) is 0 Å². The third-order valence-corrected chi connectivity index (χ3v) is 3.52. The normalized spacial score (nSPS) is 23.1. The molecular formula is C11H24N2. The molecule has 1 fully saturated rings. The van der Waals surface area contributed by atoms with Gasteiger partial charge >= 0.3 is 0 Å². The molecule has 1 heterocycles. The molecule has 0 aromatic carbocycles. The Morgan fingerprint density at radius 2 is 1.77 bits per heavy atom. The lowest BCUT2D eigenvalue weighted by Crippen LogP contribution is -2.57. The van der Waals surface area contributed by atoms with E-state index >= 15 is 0 Å². The van der Waals surface area contributed by atoms with Gasteiger partial charge in [-0.05, 0) is 46.2 Å². The Morgan fingerprint density at radius 1 is 1.23 bits per heavy atom. The van der Waals surface area contributed by atoms with Crippen LogP contribution in [0.5, 0.6) is 0 Å². The Hall–Kier alpha value is -0.0800. The Labute approximate surface area is 82.5 Å². The SMILES string of the molecule is CCC(N)C(C)(C)N1CCCCC1. The van der Waals surface area contributed by atoms with Crippen LogP contribution in [0.15, 0.2) is 0 Å². The van der Waals surface area contributed by atoms with Crippen LogP contribution in [0.1, 0.15) is 46.5 Å². The standard InChI is InChI=1S/C11H24N2/c1-4-10(12)11(2,3)13-8-6-5-7-9-13/h10H,4-9,12H2,1-3H3. The lowest BCUT2D eigenvalue weighted by Gasteiger charge is -2.44. The van der Waals surface area contributed by atoms with Gasteiger partial charge in [0.25, 0.3) is 0 Å². The highest BCUT2D eigenvalue weighted by molar-refractivity contribution is 4.91. The summed E-state index contributed by atoms with van der Waals surface area (Å²) < 4.78 is 0. The van der Waals surface area contributed by atoms with Gasteiger partial charge in [0.2, 0.25) is 0 Å². The van der Waals surface area contributed by atoms with Crippen molar-refractivity contribution in [1.29, 1.82) is 0 Å². The topological polar surface area (TPSA) is 29.3 Å². The molecule has 2 N–H and O–H groups in total. The molecule has 2 nitrogen and oxygen atoms in total. The van der Waals surface area contributed by atoms with Crippen LogP contribution in [0.2, 0.25) is 0 Å². The highest BCUT2D eigenvalue weighted by atomic mass is 15.2. The number of hydrogen-bond acceptors (Lipinski definition) is 2. The van der Waals surface area contributed by atoms with Crippen LogP contribution in [-0.2, 0) is 0 Å². The Kier molecular flexibility index (Phi) is 3.74. The van der Waals surface area contributed by atoms with Crippen molar-refractivity contribution in [2.75, 3.05) is 13.1 Å². The average molecular weight is 184 g/mol. The van der Waals surface area contributed by atoms with E-state index in [1.54, 1.807) is 0 Å². The minimum atomic E-state index is 0.190. The van der Waals surface area contributed by atoms with E-state index in [-0.39, 0.29) is 5.54 Å². The summed E-state index contributed by atoms with van der Waals surface area (Å²) in [6.07, 6.45) is 5.16. The van der Waals surface area contributed by atoms with Gasteiger partial charge in [0, 0.05) is 11.6 Å². The van der Waals surface area contributed by atoms with E-state index in [1.165, 1.54) is 32.4 Å². The lowest BCUT2D eigenvalue weighted by molar-refractivity contribution is 0.0720. The third-order valence-electron chi connectivity index (χ3n) is 3.52. The molecule has 1 rings (SSSR count). The molecule has 0 aromatic heterocycles. The van der Waals surface area contributed by atoms with Crippen LogP contribution in [0.25, 0.3) is 0 Å². The molecule has 1 saturated heterocycles. The summed E-state index contributed by atoms with van der Waals surface area (Å²) in [5.74, 6) is 0. The second kappa shape index (κ2) is 4.43. The monoisotopic (exact) mass is 184 g/mol. The van der Waals surface area contributed by atoms with E-state index < -0.39 is 0 Å². The molecule has 13 heavy (non-hydrogen) atoms. The molecule has 1 unspecified atom stereocenters. The fraction of sp³-hybridized carbons (Fsp3) is 1.00. The van der Waals surface area contributed by atoms with E-state index in [4.69, 9.17) is 5.73 Å². The Morgan fingerprint density at radius 3 is 2.23 bits per heavy atom. The van der Waals surface area contributed by atoms with E-state index in [0.29, 0.717) is 6.04 Å². The van der Waals surface area contributed by atoms with Gasteiger partial charge in [-0.1, -0.05) is 13.3 Å². The van der Waals surface area contributed by atoms with E-state index in [1.807, 2.05) is 0 Å². The molecule has 0 aliphatic carbocycles. The van der Waals surface area contributed by atoms with Crippen molar-refractivity contribution in [2.45, 2.75) is 58.0 Å². The summed E-state index contributed by atoms with van der Waals surface area (Å²) in [7, 11) is 0. The second-order valence-electron chi connectivity index (χ2n) is 4.72. The van der Waals surface area contributed by atoms with E-state index in [0.717, 1.165) is 6.42 Å². The molecule has 0 bridgehead atoms. The van der Waals surface area contributed by atoms with Gasteiger partial charge in [0.05, 0.1) is 0 Å². The summed E-state index contributed by atoms with van der Waals surface area (Å²) in [5.41, 5.74) is 6.33. The van der Waals surface area contributed by atoms with Gasteiger partial charge in [-0.15, -0.1) is 0 Å². The van der Waals surface area contributed by atoms with Crippen molar-refractivity contribution < 1.29 is 0 Å². The van der Waals surface area contributed by atoms with Crippen molar-refractivity contribution in [2.24, 2.45) is 5.73 Å². The number of nitrogens with two attached hydrogens (primary N) is 1. The molecule has 2 heteroatoms. The zero-order valence-corrected chi connectivity index (χ0v) is 9.34. The van der Waals surface area contributed by atoms with E-state index in [2.05, 4.69) is 25.7 Å². The van der Waals surface area contributed by atoms with Crippen molar-refractivity contribution in [1.82, 2.24) is 4.90 Å². The number of hydrogen-bond donors (Lipinski definition) is 1.